The van der Waals surface area contributed by atoms with Crippen molar-refractivity contribution in [3.05, 3.63) is 42.5 Å². The largest absolute Gasteiger partial charge is 0.489 e. The fourth-order valence-electron chi connectivity index (χ4n) is 3.77. The number of carbonyl (C=O) groups is 1. The van der Waals surface area contributed by atoms with E-state index < -0.39 is 0 Å². The molecule has 1 aliphatic heterocycles. The van der Waals surface area contributed by atoms with Crippen LogP contribution in [0.2, 0.25) is 0 Å². The van der Waals surface area contributed by atoms with Crippen LogP contribution in [0.25, 0.3) is 0 Å². The molecule has 2 aliphatic rings. The molecule has 124 valence electrons. The number of hydrogen-bond donors (Lipinski definition) is 2. The normalized spacial score (nSPS) is 26.3. The Labute approximate surface area is 138 Å². The predicted molar refractivity (Wildman–Crippen MR) is 91.3 cm³/mol. The van der Waals surface area contributed by atoms with Gasteiger partial charge in [-0.25, -0.2) is 0 Å². The van der Waals surface area contributed by atoms with Gasteiger partial charge in [0.25, 0.3) is 0 Å². The SMILES string of the molecule is C=CCOc1ccccc1CNC(=O)C1CC2CCCCC2N1. The first kappa shape index (κ1) is 16.1. The van der Waals surface area contributed by atoms with Gasteiger partial charge < -0.3 is 15.4 Å². The molecule has 1 amide bonds. The zero-order valence-corrected chi connectivity index (χ0v) is 13.6. The zero-order chi connectivity index (χ0) is 16.1. The van der Waals surface area contributed by atoms with Gasteiger partial charge in [0.15, 0.2) is 0 Å². The minimum Gasteiger partial charge on any atom is -0.489 e. The highest BCUT2D eigenvalue weighted by atomic mass is 16.5. The van der Waals surface area contributed by atoms with Gasteiger partial charge in [0.05, 0.1) is 6.04 Å². The van der Waals surface area contributed by atoms with Gasteiger partial charge in [0, 0.05) is 18.2 Å². The predicted octanol–water partition coefficient (Wildman–Crippen LogP) is 2.79. The molecule has 4 heteroatoms. The Bertz CT molecular complexity index is 544. The molecule has 0 aromatic heterocycles. The summed E-state index contributed by atoms with van der Waals surface area (Å²) in [6.45, 7) is 4.63. The van der Waals surface area contributed by atoms with Crippen molar-refractivity contribution in [3.8, 4) is 5.75 Å². The monoisotopic (exact) mass is 314 g/mol. The van der Waals surface area contributed by atoms with E-state index in [2.05, 4.69) is 17.2 Å². The lowest BCUT2D eigenvalue weighted by atomic mass is 9.85. The Morgan fingerprint density at radius 3 is 3.00 bits per heavy atom. The first-order valence-corrected chi connectivity index (χ1v) is 8.63. The van der Waals surface area contributed by atoms with Crippen molar-refractivity contribution in [3.63, 3.8) is 0 Å². The fraction of sp³-hybridized carbons (Fsp3) is 0.526. The van der Waals surface area contributed by atoms with Gasteiger partial charge in [-0.2, -0.15) is 0 Å². The molecule has 0 radical (unpaired) electrons. The molecule has 0 bridgehead atoms. The van der Waals surface area contributed by atoms with Gasteiger partial charge in [-0.1, -0.05) is 43.7 Å². The molecule has 1 aliphatic carbocycles. The van der Waals surface area contributed by atoms with Gasteiger partial charge >= 0.3 is 0 Å². The summed E-state index contributed by atoms with van der Waals surface area (Å²) in [5.74, 6) is 1.60. The van der Waals surface area contributed by atoms with Crippen molar-refractivity contribution >= 4 is 5.91 Å². The van der Waals surface area contributed by atoms with E-state index >= 15 is 0 Å². The molecule has 1 saturated heterocycles. The molecule has 3 rings (SSSR count). The third-order valence-corrected chi connectivity index (χ3v) is 4.96. The van der Waals surface area contributed by atoms with E-state index in [9.17, 15) is 4.79 Å². The number of benzene rings is 1. The molecule has 2 N–H and O–H groups in total. The zero-order valence-electron chi connectivity index (χ0n) is 13.6. The van der Waals surface area contributed by atoms with Gasteiger partial charge in [0.1, 0.15) is 12.4 Å². The van der Waals surface area contributed by atoms with Crippen LogP contribution in [-0.4, -0.2) is 24.6 Å². The summed E-state index contributed by atoms with van der Waals surface area (Å²) in [5, 5.41) is 6.58. The van der Waals surface area contributed by atoms with Crippen molar-refractivity contribution in [1.29, 1.82) is 0 Å². The quantitative estimate of drug-likeness (QED) is 0.794. The molecule has 1 aromatic carbocycles. The second-order valence-corrected chi connectivity index (χ2v) is 6.53. The molecular formula is C19H26N2O2. The first-order valence-electron chi connectivity index (χ1n) is 8.63. The van der Waals surface area contributed by atoms with E-state index in [-0.39, 0.29) is 11.9 Å². The maximum atomic E-state index is 12.5. The number of amides is 1. The van der Waals surface area contributed by atoms with Crippen LogP contribution < -0.4 is 15.4 Å². The van der Waals surface area contributed by atoms with Crippen molar-refractivity contribution < 1.29 is 9.53 Å². The molecule has 23 heavy (non-hydrogen) atoms. The maximum absolute atomic E-state index is 12.5. The molecule has 0 spiro atoms. The molecular weight excluding hydrogens is 288 g/mol. The van der Waals surface area contributed by atoms with Gasteiger partial charge in [-0.15, -0.1) is 0 Å². The molecule has 4 nitrogen and oxygen atoms in total. The number of nitrogens with one attached hydrogen (secondary N) is 2. The highest BCUT2D eigenvalue weighted by molar-refractivity contribution is 5.82. The first-order chi connectivity index (χ1) is 11.3. The van der Waals surface area contributed by atoms with E-state index in [1.165, 1.54) is 25.7 Å². The summed E-state index contributed by atoms with van der Waals surface area (Å²) in [7, 11) is 0. The molecule has 3 unspecified atom stereocenters. The van der Waals surface area contributed by atoms with Crippen LogP contribution in [0.15, 0.2) is 36.9 Å². The number of carbonyl (C=O) groups excluding carboxylic acids is 1. The molecule has 2 fully saturated rings. The van der Waals surface area contributed by atoms with E-state index in [0.717, 1.165) is 17.7 Å². The fourth-order valence-corrected chi connectivity index (χ4v) is 3.77. The van der Waals surface area contributed by atoms with Crippen molar-refractivity contribution in [2.75, 3.05) is 6.61 Å². The summed E-state index contributed by atoms with van der Waals surface area (Å²) in [5.41, 5.74) is 0.998. The third kappa shape index (κ3) is 3.94. The highest BCUT2D eigenvalue weighted by Crippen LogP contribution is 2.33. The van der Waals surface area contributed by atoms with Gasteiger partial charge in [-0.05, 0) is 31.2 Å². The number of ether oxygens (including phenoxy) is 1. The summed E-state index contributed by atoms with van der Waals surface area (Å²) in [6.07, 6.45) is 7.78. The molecule has 1 aromatic rings. The summed E-state index contributed by atoms with van der Waals surface area (Å²) >= 11 is 0. The van der Waals surface area contributed by atoms with Crippen molar-refractivity contribution in [2.24, 2.45) is 5.92 Å². The van der Waals surface area contributed by atoms with Crippen molar-refractivity contribution in [1.82, 2.24) is 10.6 Å². The lowest BCUT2D eigenvalue weighted by Gasteiger charge is -2.24. The Morgan fingerprint density at radius 1 is 1.35 bits per heavy atom. The van der Waals surface area contributed by atoms with E-state index in [0.29, 0.717) is 25.1 Å². The van der Waals surface area contributed by atoms with E-state index in [4.69, 9.17) is 4.74 Å². The maximum Gasteiger partial charge on any atom is 0.237 e. The third-order valence-electron chi connectivity index (χ3n) is 4.96. The van der Waals surface area contributed by atoms with Crippen LogP contribution in [0.4, 0.5) is 0 Å². The Balaban J connectivity index is 1.54. The number of para-hydroxylation sites is 1. The van der Waals surface area contributed by atoms with Gasteiger partial charge in [0.2, 0.25) is 5.91 Å². The lowest BCUT2D eigenvalue weighted by molar-refractivity contribution is -0.123. The van der Waals surface area contributed by atoms with E-state index in [1.807, 2.05) is 24.3 Å². The summed E-state index contributed by atoms with van der Waals surface area (Å²) in [6, 6.07) is 8.32. The Kier molecular flexibility index (Phi) is 5.34. The van der Waals surface area contributed by atoms with Crippen LogP contribution in [0.3, 0.4) is 0 Å². The lowest BCUT2D eigenvalue weighted by Crippen LogP contribution is -2.42. The highest BCUT2D eigenvalue weighted by Gasteiger charge is 2.38. The summed E-state index contributed by atoms with van der Waals surface area (Å²) < 4.78 is 5.64. The second-order valence-electron chi connectivity index (χ2n) is 6.53. The standard InChI is InChI=1S/C19H26N2O2/c1-2-11-23-18-10-6-4-8-15(18)13-20-19(22)17-12-14-7-3-5-9-16(14)21-17/h2,4,6,8,10,14,16-17,21H,1,3,5,7,9,11-13H2,(H,20,22). The van der Waals surface area contributed by atoms with Crippen LogP contribution in [0, 0.1) is 5.92 Å². The van der Waals surface area contributed by atoms with Crippen LogP contribution in [-0.2, 0) is 11.3 Å². The average molecular weight is 314 g/mol. The van der Waals surface area contributed by atoms with Crippen LogP contribution in [0.5, 0.6) is 5.75 Å². The molecule has 1 heterocycles. The Hall–Kier alpha value is -1.81. The van der Waals surface area contributed by atoms with E-state index in [1.54, 1.807) is 6.08 Å². The number of rotatable bonds is 6. The van der Waals surface area contributed by atoms with Crippen molar-refractivity contribution in [2.45, 2.75) is 50.7 Å². The summed E-state index contributed by atoms with van der Waals surface area (Å²) in [4.78, 5) is 12.5. The minimum absolute atomic E-state index is 0.0376. The number of hydrogen-bond acceptors (Lipinski definition) is 3. The van der Waals surface area contributed by atoms with Gasteiger partial charge in [-0.3, -0.25) is 4.79 Å². The second kappa shape index (κ2) is 7.64. The average Bonchev–Trinajstić information content (AvgIpc) is 3.02. The Morgan fingerprint density at radius 2 is 2.17 bits per heavy atom. The van der Waals surface area contributed by atoms with Crippen LogP contribution in [0.1, 0.15) is 37.7 Å². The smallest absolute Gasteiger partial charge is 0.237 e. The molecule has 3 atom stereocenters. The number of fused-ring (bicyclic) bond motifs is 1. The minimum atomic E-state index is -0.0376. The van der Waals surface area contributed by atoms with Crippen LogP contribution >= 0.6 is 0 Å². The molecule has 1 saturated carbocycles. The topological polar surface area (TPSA) is 50.4 Å².